The molecule has 0 fully saturated rings. The molecule has 2 aliphatic heterocycles. The summed E-state index contributed by atoms with van der Waals surface area (Å²) in [6.07, 6.45) is -9.72. The van der Waals surface area contributed by atoms with Gasteiger partial charge in [-0.15, -0.1) is 0 Å². The molecule has 128 valence electrons. The number of imide groups is 1. The smallest absolute Gasteiger partial charge is 0.421 e. The van der Waals surface area contributed by atoms with E-state index in [-0.39, 0.29) is 16.8 Å². The minimum atomic E-state index is -4.89. The van der Waals surface area contributed by atoms with Gasteiger partial charge in [-0.25, -0.2) is 4.90 Å². The van der Waals surface area contributed by atoms with Gasteiger partial charge in [0.15, 0.2) is 11.5 Å². The van der Waals surface area contributed by atoms with Crippen LogP contribution in [0.4, 0.5) is 23.2 Å². The van der Waals surface area contributed by atoms with Gasteiger partial charge in [0.1, 0.15) is 0 Å². The van der Waals surface area contributed by atoms with Gasteiger partial charge >= 0.3 is 12.2 Å². The lowest BCUT2D eigenvalue weighted by Gasteiger charge is -2.32. The summed E-state index contributed by atoms with van der Waals surface area (Å²) in [5.41, 5.74) is 0.202. The third-order valence-corrected chi connectivity index (χ3v) is 3.79. The highest BCUT2D eigenvalue weighted by atomic mass is 19.3. The fourth-order valence-corrected chi connectivity index (χ4v) is 2.62. The van der Waals surface area contributed by atoms with Crippen molar-refractivity contribution < 1.29 is 36.6 Å². The monoisotopic (exact) mass is 353 g/mol. The lowest BCUT2D eigenvalue weighted by atomic mass is 10.1. The minimum Gasteiger partial charge on any atom is -0.421 e. The van der Waals surface area contributed by atoms with Crippen LogP contribution in [0.15, 0.2) is 42.5 Å². The van der Waals surface area contributed by atoms with Crippen molar-refractivity contribution in [2.75, 3.05) is 4.90 Å². The number of benzene rings is 2. The predicted molar refractivity (Wildman–Crippen MR) is 75.2 cm³/mol. The van der Waals surface area contributed by atoms with E-state index in [9.17, 15) is 27.2 Å². The molecule has 5 nitrogen and oxygen atoms in total. The number of anilines is 1. The number of nitrogens with zero attached hydrogens (tertiary/aromatic N) is 1. The molecule has 2 amide bonds. The van der Waals surface area contributed by atoms with Crippen LogP contribution in [0.25, 0.3) is 0 Å². The van der Waals surface area contributed by atoms with Gasteiger partial charge in [0.2, 0.25) is 0 Å². The third-order valence-electron chi connectivity index (χ3n) is 3.79. The van der Waals surface area contributed by atoms with E-state index in [1.54, 1.807) is 12.1 Å². The van der Waals surface area contributed by atoms with Gasteiger partial charge in [-0.2, -0.15) is 17.6 Å². The van der Waals surface area contributed by atoms with Crippen LogP contribution in [-0.4, -0.2) is 24.0 Å². The molecule has 0 unspecified atom stereocenters. The second kappa shape index (κ2) is 4.71. The lowest BCUT2D eigenvalue weighted by Crippen LogP contribution is -2.52. The Bertz CT molecular complexity index is 893. The summed E-state index contributed by atoms with van der Waals surface area (Å²) in [5.74, 6) is -2.65. The highest BCUT2D eigenvalue weighted by Crippen LogP contribution is 2.48. The molecule has 0 aromatic heterocycles. The molecule has 2 aromatic rings. The van der Waals surface area contributed by atoms with Crippen LogP contribution >= 0.6 is 0 Å². The van der Waals surface area contributed by atoms with Crippen molar-refractivity contribution in [3.63, 3.8) is 0 Å². The van der Waals surface area contributed by atoms with E-state index in [1.807, 2.05) is 0 Å². The van der Waals surface area contributed by atoms with Crippen LogP contribution in [-0.2, 0) is 0 Å². The molecule has 2 aromatic carbocycles. The summed E-state index contributed by atoms with van der Waals surface area (Å²) in [7, 11) is 0. The molecule has 9 heteroatoms. The molecule has 0 saturated carbocycles. The molecule has 25 heavy (non-hydrogen) atoms. The Kier molecular flexibility index (Phi) is 2.91. The maximum Gasteiger partial charge on any atom is 0.507 e. The molecule has 2 heterocycles. The van der Waals surface area contributed by atoms with Gasteiger partial charge in [-0.05, 0) is 24.3 Å². The van der Waals surface area contributed by atoms with E-state index in [0.29, 0.717) is 0 Å². The van der Waals surface area contributed by atoms with Crippen LogP contribution < -0.4 is 14.4 Å². The van der Waals surface area contributed by atoms with Gasteiger partial charge < -0.3 is 9.47 Å². The third kappa shape index (κ3) is 2.08. The zero-order valence-electron chi connectivity index (χ0n) is 12.1. The number of halogens is 4. The predicted octanol–water partition coefficient (Wildman–Crippen LogP) is 3.44. The normalized spacial score (nSPS) is 19.8. The molecular weight excluding hydrogens is 346 g/mol. The Morgan fingerprint density at radius 2 is 1.28 bits per heavy atom. The zero-order chi connectivity index (χ0) is 18.0. The zero-order valence-corrected chi connectivity index (χ0v) is 12.1. The first-order valence-electron chi connectivity index (χ1n) is 6.97. The Morgan fingerprint density at radius 1 is 0.760 bits per heavy atom. The molecule has 2 aliphatic rings. The van der Waals surface area contributed by atoms with Crippen LogP contribution in [0.3, 0.4) is 0 Å². The van der Waals surface area contributed by atoms with Crippen molar-refractivity contribution in [2.45, 2.75) is 12.2 Å². The van der Waals surface area contributed by atoms with Crippen molar-refractivity contribution in [1.82, 2.24) is 0 Å². The van der Waals surface area contributed by atoms with Gasteiger partial charge in [0.25, 0.3) is 11.8 Å². The summed E-state index contributed by atoms with van der Waals surface area (Å²) in [6, 6.07) is 8.96. The average molecular weight is 353 g/mol. The van der Waals surface area contributed by atoms with Crippen LogP contribution in [0, 0.1) is 0 Å². The van der Waals surface area contributed by atoms with Crippen molar-refractivity contribution in [2.24, 2.45) is 0 Å². The van der Waals surface area contributed by atoms with Gasteiger partial charge in [-0.3, -0.25) is 9.59 Å². The molecule has 4 rings (SSSR count). The SMILES string of the molecule is O=C1c2ccccc2C(=O)N1c1ccc2c(c1)OC(F)(F)C(F)(F)O2. The number of carbonyl (C=O) groups is 2. The van der Waals surface area contributed by atoms with Crippen LogP contribution in [0.2, 0.25) is 0 Å². The van der Waals surface area contributed by atoms with Gasteiger partial charge in [0.05, 0.1) is 16.8 Å². The fourth-order valence-electron chi connectivity index (χ4n) is 2.62. The second-order valence-electron chi connectivity index (χ2n) is 5.36. The number of hydrogen-bond acceptors (Lipinski definition) is 4. The van der Waals surface area contributed by atoms with E-state index in [0.717, 1.165) is 23.1 Å². The summed E-state index contributed by atoms with van der Waals surface area (Å²) in [6.45, 7) is 0. The Labute approximate surface area is 137 Å². The highest BCUT2D eigenvalue weighted by Gasteiger charge is 2.66. The molecule has 0 bridgehead atoms. The second-order valence-corrected chi connectivity index (χ2v) is 5.36. The lowest BCUT2D eigenvalue weighted by molar-refractivity contribution is -0.391. The van der Waals surface area contributed by atoms with Crippen molar-refractivity contribution >= 4 is 17.5 Å². The Hall–Kier alpha value is -3.10. The fraction of sp³-hybridized carbons (Fsp3) is 0.125. The molecule has 0 saturated heterocycles. The maximum atomic E-state index is 13.3. The van der Waals surface area contributed by atoms with E-state index in [2.05, 4.69) is 9.47 Å². The van der Waals surface area contributed by atoms with Crippen molar-refractivity contribution in [3.8, 4) is 11.5 Å². The largest absolute Gasteiger partial charge is 0.507 e. The number of hydrogen-bond donors (Lipinski definition) is 0. The molecule has 0 N–H and O–H groups in total. The molecule has 0 spiro atoms. The quantitative estimate of drug-likeness (QED) is 0.582. The number of fused-ring (bicyclic) bond motifs is 2. The van der Waals surface area contributed by atoms with Crippen LogP contribution in [0.5, 0.6) is 11.5 Å². The standard InChI is InChI=1S/C16H7F4NO4/c17-15(18)16(19,20)25-12-7-8(5-6-11(12)24-15)21-13(22)9-3-1-2-4-10(9)14(21)23/h1-7H. The molecule has 0 aliphatic carbocycles. The van der Waals surface area contributed by atoms with E-state index >= 15 is 0 Å². The van der Waals surface area contributed by atoms with E-state index < -0.39 is 35.5 Å². The maximum absolute atomic E-state index is 13.3. The first-order valence-corrected chi connectivity index (χ1v) is 6.97. The average Bonchev–Trinajstić information content (AvgIpc) is 2.80. The topological polar surface area (TPSA) is 55.8 Å². The van der Waals surface area contributed by atoms with Gasteiger partial charge in [0, 0.05) is 6.07 Å². The number of rotatable bonds is 1. The van der Waals surface area contributed by atoms with E-state index in [1.165, 1.54) is 12.1 Å². The van der Waals surface area contributed by atoms with Crippen LogP contribution in [0.1, 0.15) is 20.7 Å². The summed E-state index contributed by atoms with van der Waals surface area (Å²) in [5, 5.41) is 0. The first-order chi connectivity index (χ1) is 11.7. The summed E-state index contributed by atoms with van der Waals surface area (Å²) < 4.78 is 60.9. The molecular formula is C16H7F4NO4. The number of carbonyl (C=O) groups excluding carboxylic acids is 2. The minimum absolute atomic E-state index is 0.102. The highest BCUT2D eigenvalue weighted by molar-refractivity contribution is 6.34. The molecule has 0 radical (unpaired) electrons. The number of alkyl halides is 4. The van der Waals surface area contributed by atoms with Crippen molar-refractivity contribution in [1.29, 1.82) is 0 Å². The number of amides is 2. The Balaban J connectivity index is 1.76. The van der Waals surface area contributed by atoms with E-state index in [4.69, 9.17) is 0 Å². The van der Waals surface area contributed by atoms with Crippen molar-refractivity contribution in [3.05, 3.63) is 53.6 Å². The Morgan fingerprint density at radius 3 is 1.84 bits per heavy atom. The summed E-state index contributed by atoms with van der Waals surface area (Å²) in [4.78, 5) is 25.5. The number of ether oxygens (including phenoxy) is 2. The summed E-state index contributed by atoms with van der Waals surface area (Å²) >= 11 is 0. The van der Waals surface area contributed by atoms with Gasteiger partial charge in [-0.1, -0.05) is 12.1 Å². The first kappa shape index (κ1) is 15.4. The molecule has 0 atom stereocenters.